The van der Waals surface area contributed by atoms with Crippen molar-refractivity contribution in [2.45, 2.75) is 83.8 Å². The van der Waals surface area contributed by atoms with Crippen LogP contribution < -0.4 is 5.32 Å². The largest absolute Gasteiger partial charge is 0.354 e. The minimum atomic E-state index is -0.698. The molecule has 0 aromatic rings. The van der Waals surface area contributed by atoms with Gasteiger partial charge in [-0.25, -0.2) is 0 Å². The molecule has 3 atom stereocenters. The highest BCUT2D eigenvalue weighted by molar-refractivity contribution is 5.89. The van der Waals surface area contributed by atoms with Crippen molar-refractivity contribution in [3.63, 3.8) is 0 Å². The first-order valence-corrected chi connectivity index (χ1v) is 8.82. The maximum Gasteiger partial charge on any atom is 0.245 e. The van der Waals surface area contributed by atoms with Gasteiger partial charge in [-0.2, -0.15) is 0 Å². The van der Waals surface area contributed by atoms with Gasteiger partial charge in [0.15, 0.2) is 5.79 Å². The molecule has 2 heterocycles. The van der Waals surface area contributed by atoms with E-state index in [1.165, 1.54) is 0 Å². The van der Waals surface area contributed by atoms with Crippen LogP contribution in [0.2, 0.25) is 0 Å². The number of nitrogens with one attached hydrogen (secondary N) is 1. The molecule has 0 aromatic heterocycles. The van der Waals surface area contributed by atoms with E-state index >= 15 is 0 Å². The Morgan fingerprint density at radius 1 is 1.17 bits per heavy atom. The van der Waals surface area contributed by atoms with Gasteiger partial charge in [-0.15, -0.1) is 0 Å². The Morgan fingerprint density at radius 3 is 2.57 bits per heavy atom. The molecule has 0 bridgehead atoms. The molecule has 2 fully saturated rings. The predicted molar refractivity (Wildman–Crippen MR) is 86.8 cm³/mol. The minimum Gasteiger partial charge on any atom is -0.354 e. The van der Waals surface area contributed by atoms with Gasteiger partial charge in [0.25, 0.3) is 0 Å². The van der Waals surface area contributed by atoms with Crippen molar-refractivity contribution in [3.05, 3.63) is 0 Å². The molecule has 3 unspecified atom stereocenters. The number of hydrogen-bond acceptors (Lipinski definition) is 4. The Balaban J connectivity index is 2.05. The number of nitrogens with zero attached hydrogens (tertiary/aromatic N) is 1. The number of hydrogen-bond donors (Lipinski definition) is 1. The van der Waals surface area contributed by atoms with Crippen molar-refractivity contribution < 1.29 is 19.1 Å². The third-order valence-electron chi connectivity index (χ3n) is 4.38. The molecule has 1 N–H and O–H groups in total. The smallest absolute Gasteiger partial charge is 0.245 e. The fraction of sp³-hybridized carbons (Fsp3) is 0.882. The van der Waals surface area contributed by atoms with Gasteiger partial charge in [0.2, 0.25) is 11.8 Å². The van der Waals surface area contributed by atoms with Crippen molar-refractivity contribution in [1.29, 1.82) is 0 Å². The van der Waals surface area contributed by atoms with Crippen molar-refractivity contribution in [2.75, 3.05) is 13.1 Å². The van der Waals surface area contributed by atoms with Crippen LogP contribution in [0.5, 0.6) is 0 Å². The van der Waals surface area contributed by atoms with E-state index in [1.807, 2.05) is 20.8 Å². The molecule has 2 aliphatic rings. The maximum absolute atomic E-state index is 12.6. The summed E-state index contributed by atoms with van der Waals surface area (Å²) >= 11 is 0. The fourth-order valence-corrected chi connectivity index (χ4v) is 3.35. The fourth-order valence-electron chi connectivity index (χ4n) is 3.35. The second-order valence-electron chi connectivity index (χ2n) is 6.88. The van der Waals surface area contributed by atoms with Crippen molar-refractivity contribution in [1.82, 2.24) is 10.2 Å². The molecule has 2 aliphatic heterocycles. The van der Waals surface area contributed by atoms with E-state index in [4.69, 9.17) is 9.47 Å². The van der Waals surface area contributed by atoms with Crippen LogP contribution in [0.3, 0.4) is 0 Å². The quantitative estimate of drug-likeness (QED) is 0.725. The highest BCUT2D eigenvalue weighted by Crippen LogP contribution is 2.37. The van der Waals surface area contributed by atoms with Gasteiger partial charge < -0.3 is 19.7 Å². The number of ether oxygens (including phenoxy) is 2. The van der Waals surface area contributed by atoms with Crippen molar-refractivity contribution >= 4 is 11.8 Å². The van der Waals surface area contributed by atoms with Crippen molar-refractivity contribution in [2.24, 2.45) is 0 Å². The molecule has 2 rings (SSSR count). The lowest BCUT2D eigenvalue weighted by Crippen LogP contribution is -2.51. The summed E-state index contributed by atoms with van der Waals surface area (Å²) in [5.74, 6) is -0.823. The Kier molecular flexibility index (Phi) is 6.03. The lowest BCUT2D eigenvalue weighted by Gasteiger charge is -2.29. The van der Waals surface area contributed by atoms with Crippen LogP contribution in [-0.4, -0.2) is 53.8 Å². The number of unbranched alkanes of at least 4 members (excludes halogenated alkanes) is 2. The van der Waals surface area contributed by atoms with Gasteiger partial charge in [-0.1, -0.05) is 26.7 Å². The van der Waals surface area contributed by atoms with Gasteiger partial charge >= 0.3 is 0 Å². The maximum atomic E-state index is 12.6. The molecule has 0 spiro atoms. The Labute approximate surface area is 138 Å². The number of fused-ring (bicyclic) bond motifs is 1. The minimum absolute atomic E-state index is 0.000569. The summed E-state index contributed by atoms with van der Waals surface area (Å²) in [4.78, 5) is 26.6. The molecular weight excluding hydrogens is 296 g/mol. The Bertz CT molecular complexity index is 438. The molecule has 132 valence electrons. The van der Waals surface area contributed by atoms with E-state index in [1.54, 1.807) is 4.90 Å². The Hall–Kier alpha value is -1.14. The van der Waals surface area contributed by atoms with Gasteiger partial charge in [0.05, 0.1) is 6.54 Å². The average molecular weight is 326 g/mol. The zero-order chi connectivity index (χ0) is 17.0. The number of carbonyl (C=O) groups excluding carboxylic acids is 2. The van der Waals surface area contributed by atoms with Crippen LogP contribution in [0.25, 0.3) is 0 Å². The molecule has 6 nitrogen and oxygen atoms in total. The first-order chi connectivity index (χ1) is 10.9. The summed E-state index contributed by atoms with van der Waals surface area (Å²) in [6, 6.07) is -0.581. The van der Waals surface area contributed by atoms with Gasteiger partial charge in [-0.05, 0) is 26.7 Å². The number of likely N-dealkylation sites (tertiary alicyclic amines) is 1. The highest BCUT2D eigenvalue weighted by Gasteiger charge is 2.56. The van der Waals surface area contributed by atoms with Gasteiger partial charge in [0.1, 0.15) is 18.2 Å². The second-order valence-corrected chi connectivity index (χ2v) is 6.88. The average Bonchev–Trinajstić information content (AvgIpc) is 2.95. The van der Waals surface area contributed by atoms with Gasteiger partial charge in [0, 0.05) is 13.0 Å². The van der Waals surface area contributed by atoms with E-state index in [0.29, 0.717) is 19.5 Å². The molecule has 23 heavy (non-hydrogen) atoms. The summed E-state index contributed by atoms with van der Waals surface area (Å²) in [5, 5.41) is 2.96. The summed E-state index contributed by atoms with van der Waals surface area (Å²) < 4.78 is 11.8. The topological polar surface area (TPSA) is 67.9 Å². The summed E-state index contributed by atoms with van der Waals surface area (Å²) in [7, 11) is 0. The lowest BCUT2D eigenvalue weighted by molar-refractivity contribution is -0.170. The zero-order valence-corrected chi connectivity index (χ0v) is 14.8. The molecular formula is C17H30N2O4. The summed E-state index contributed by atoms with van der Waals surface area (Å²) in [6.45, 7) is 8.85. The second kappa shape index (κ2) is 7.62. The molecule has 2 saturated heterocycles. The summed E-state index contributed by atoms with van der Waals surface area (Å²) in [6.07, 6.45) is 3.76. The monoisotopic (exact) mass is 326 g/mol. The van der Waals surface area contributed by atoms with Crippen LogP contribution >= 0.6 is 0 Å². The van der Waals surface area contributed by atoms with Crippen LogP contribution in [0.15, 0.2) is 0 Å². The number of carbonyl (C=O) groups is 2. The lowest BCUT2D eigenvalue weighted by atomic mass is 10.1. The van der Waals surface area contributed by atoms with E-state index < -0.39 is 11.8 Å². The molecule has 0 aromatic carbocycles. The first kappa shape index (κ1) is 18.2. The molecule has 0 radical (unpaired) electrons. The number of rotatable bonds is 7. The normalized spacial score (nSPS) is 28.7. The number of amides is 2. The standard InChI is InChI=1S/C17H30N2O4/c1-5-7-8-10-18-16(21)14-15-12(22-17(3,4)23-15)11-19(14)13(20)9-6-2/h12,14-15H,5-11H2,1-4H3,(H,18,21). The van der Waals surface area contributed by atoms with Crippen LogP contribution in [0.1, 0.15) is 59.8 Å². The van der Waals surface area contributed by atoms with E-state index in [0.717, 1.165) is 25.7 Å². The van der Waals surface area contributed by atoms with Gasteiger partial charge in [-0.3, -0.25) is 9.59 Å². The molecule has 0 aliphatic carbocycles. The van der Waals surface area contributed by atoms with Crippen LogP contribution in [0.4, 0.5) is 0 Å². The SMILES string of the molecule is CCCCCNC(=O)C1C2OC(C)(C)OC2CN1C(=O)CCC. The zero-order valence-electron chi connectivity index (χ0n) is 14.8. The third-order valence-corrected chi connectivity index (χ3v) is 4.38. The molecule has 6 heteroatoms. The Morgan fingerprint density at radius 2 is 1.91 bits per heavy atom. The molecule has 0 saturated carbocycles. The highest BCUT2D eigenvalue weighted by atomic mass is 16.8. The molecule has 2 amide bonds. The van der Waals surface area contributed by atoms with Crippen LogP contribution in [0, 0.1) is 0 Å². The third kappa shape index (κ3) is 4.23. The van der Waals surface area contributed by atoms with E-state index in [2.05, 4.69) is 12.2 Å². The van der Waals surface area contributed by atoms with Crippen molar-refractivity contribution in [3.8, 4) is 0 Å². The van der Waals surface area contributed by atoms with E-state index in [9.17, 15) is 9.59 Å². The van der Waals surface area contributed by atoms with E-state index in [-0.39, 0.29) is 24.0 Å². The van der Waals surface area contributed by atoms with Crippen LogP contribution in [-0.2, 0) is 19.1 Å². The first-order valence-electron chi connectivity index (χ1n) is 8.82. The summed E-state index contributed by atoms with van der Waals surface area (Å²) in [5.41, 5.74) is 0. The predicted octanol–water partition coefficient (Wildman–Crippen LogP) is 1.82.